The van der Waals surface area contributed by atoms with Gasteiger partial charge in [-0.05, 0) is 0 Å². The summed E-state index contributed by atoms with van der Waals surface area (Å²) in [6.07, 6.45) is -9.94. The van der Waals surface area contributed by atoms with Crippen molar-refractivity contribution in [3.05, 3.63) is 0 Å². The summed E-state index contributed by atoms with van der Waals surface area (Å²) in [5.74, 6) is 0. The smallest absolute Gasteiger partial charge is 0.186 e. The van der Waals surface area contributed by atoms with Crippen molar-refractivity contribution in [1.82, 2.24) is 0 Å². The van der Waals surface area contributed by atoms with E-state index >= 15 is 0 Å². The monoisotopic (exact) mass is 284 g/mol. The van der Waals surface area contributed by atoms with Crippen molar-refractivity contribution in [1.29, 1.82) is 0 Å². The Kier molecular flexibility index (Phi) is 6.53. The Hall–Kier alpha value is -0.360. The highest BCUT2D eigenvalue weighted by Crippen LogP contribution is 2.22. The molecule has 1 aliphatic heterocycles. The van der Waals surface area contributed by atoms with Crippen LogP contribution < -0.4 is 0 Å². The van der Waals surface area contributed by atoms with E-state index in [0.717, 1.165) is 0 Å². The van der Waals surface area contributed by atoms with Gasteiger partial charge in [0.2, 0.25) is 0 Å². The van der Waals surface area contributed by atoms with E-state index in [1.54, 1.807) is 0 Å². The Morgan fingerprint density at radius 3 is 2.11 bits per heavy atom. The molecular formula is C10H20O9. The van der Waals surface area contributed by atoms with Crippen molar-refractivity contribution in [3.8, 4) is 0 Å². The summed E-state index contributed by atoms with van der Waals surface area (Å²) in [4.78, 5) is 0. The average molecular weight is 284 g/mol. The highest BCUT2D eigenvalue weighted by Gasteiger charge is 2.44. The van der Waals surface area contributed by atoms with Crippen molar-refractivity contribution in [3.63, 3.8) is 0 Å². The predicted molar refractivity (Wildman–Crippen MR) is 58.8 cm³/mol. The molecule has 0 spiro atoms. The Morgan fingerprint density at radius 1 is 0.947 bits per heavy atom. The van der Waals surface area contributed by atoms with Gasteiger partial charge in [0.1, 0.15) is 36.6 Å². The number of ether oxygens (including phenoxy) is 2. The lowest BCUT2D eigenvalue weighted by Gasteiger charge is -2.39. The topological polar surface area (TPSA) is 160 Å². The lowest BCUT2D eigenvalue weighted by molar-refractivity contribution is -0.306. The van der Waals surface area contributed by atoms with Crippen molar-refractivity contribution in [2.45, 2.75) is 42.9 Å². The lowest BCUT2D eigenvalue weighted by atomic mass is 9.99. The Labute approximate surface area is 109 Å². The van der Waals surface area contributed by atoms with E-state index < -0.39 is 62.7 Å². The molecule has 0 aromatic carbocycles. The number of hydrogen-bond donors (Lipinski definition) is 7. The summed E-state index contributed by atoms with van der Waals surface area (Å²) < 4.78 is 9.96. The molecule has 0 radical (unpaired) electrons. The molecule has 1 fully saturated rings. The normalized spacial score (nSPS) is 39.0. The van der Waals surface area contributed by atoms with Crippen LogP contribution in [0.2, 0.25) is 0 Å². The van der Waals surface area contributed by atoms with Crippen LogP contribution in [-0.4, -0.2) is 98.5 Å². The fourth-order valence-corrected chi connectivity index (χ4v) is 1.63. The molecule has 0 bridgehead atoms. The van der Waals surface area contributed by atoms with E-state index in [1.165, 1.54) is 0 Å². The number of aliphatic hydroxyl groups is 7. The van der Waals surface area contributed by atoms with Crippen LogP contribution in [0.15, 0.2) is 0 Å². The summed E-state index contributed by atoms with van der Waals surface area (Å²) in [5.41, 5.74) is 0. The second kappa shape index (κ2) is 7.43. The molecule has 0 saturated carbocycles. The molecule has 0 unspecified atom stereocenters. The molecule has 0 aliphatic carbocycles. The molecule has 1 saturated heterocycles. The molecular weight excluding hydrogens is 264 g/mol. The van der Waals surface area contributed by atoms with Gasteiger partial charge in [-0.1, -0.05) is 0 Å². The van der Waals surface area contributed by atoms with Crippen LogP contribution in [0.1, 0.15) is 0 Å². The van der Waals surface area contributed by atoms with Crippen LogP contribution in [0, 0.1) is 0 Å². The number of aliphatic hydroxyl groups excluding tert-OH is 7. The maximum Gasteiger partial charge on any atom is 0.186 e. The third-order valence-corrected chi connectivity index (χ3v) is 2.91. The van der Waals surface area contributed by atoms with E-state index in [1.807, 2.05) is 0 Å². The van der Waals surface area contributed by atoms with Crippen LogP contribution in [0.25, 0.3) is 0 Å². The summed E-state index contributed by atoms with van der Waals surface area (Å²) >= 11 is 0. The molecule has 114 valence electrons. The first-order chi connectivity index (χ1) is 8.92. The standard InChI is InChI=1S/C10H20O9/c11-1-4(13)5(14)3-18-10-9(17)8(16)7(15)6(2-12)19-10/h4-17H,1-3H2/t4-,5-,6+,7+,8-,9+,10+/m0/s1. The molecule has 1 aliphatic rings. The maximum atomic E-state index is 9.59. The molecule has 1 heterocycles. The highest BCUT2D eigenvalue weighted by molar-refractivity contribution is 4.89. The molecule has 1 rings (SSSR count). The first-order valence-corrected chi connectivity index (χ1v) is 5.81. The fourth-order valence-electron chi connectivity index (χ4n) is 1.63. The van der Waals surface area contributed by atoms with Crippen molar-refractivity contribution >= 4 is 0 Å². The Balaban J connectivity index is 2.52. The van der Waals surface area contributed by atoms with Crippen LogP contribution in [-0.2, 0) is 9.47 Å². The number of hydrogen-bond acceptors (Lipinski definition) is 9. The Morgan fingerprint density at radius 2 is 1.58 bits per heavy atom. The Bertz CT molecular complexity index is 261. The largest absolute Gasteiger partial charge is 0.394 e. The molecule has 7 atom stereocenters. The highest BCUT2D eigenvalue weighted by atomic mass is 16.7. The van der Waals surface area contributed by atoms with Crippen LogP contribution in [0.4, 0.5) is 0 Å². The van der Waals surface area contributed by atoms with Gasteiger partial charge in [-0.15, -0.1) is 0 Å². The zero-order valence-electron chi connectivity index (χ0n) is 10.1. The first kappa shape index (κ1) is 16.7. The quantitative estimate of drug-likeness (QED) is 0.255. The van der Waals surface area contributed by atoms with Gasteiger partial charge < -0.3 is 45.2 Å². The molecule has 19 heavy (non-hydrogen) atoms. The van der Waals surface area contributed by atoms with E-state index in [-0.39, 0.29) is 0 Å². The molecule has 7 N–H and O–H groups in total. The van der Waals surface area contributed by atoms with Crippen molar-refractivity contribution in [2.24, 2.45) is 0 Å². The minimum absolute atomic E-state index is 0.468. The van der Waals surface area contributed by atoms with Crippen LogP contribution in [0.5, 0.6) is 0 Å². The lowest BCUT2D eigenvalue weighted by Crippen LogP contribution is -2.59. The second-order valence-electron chi connectivity index (χ2n) is 4.35. The van der Waals surface area contributed by atoms with Gasteiger partial charge in [0.25, 0.3) is 0 Å². The van der Waals surface area contributed by atoms with Gasteiger partial charge >= 0.3 is 0 Å². The van der Waals surface area contributed by atoms with E-state index in [0.29, 0.717) is 0 Å². The zero-order chi connectivity index (χ0) is 14.6. The van der Waals surface area contributed by atoms with Crippen LogP contribution in [0.3, 0.4) is 0 Å². The van der Waals surface area contributed by atoms with E-state index in [2.05, 4.69) is 0 Å². The molecule has 0 aromatic rings. The predicted octanol–water partition coefficient (Wildman–Crippen LogP) is -4.48. The summed E-state index contributed by atoms with van der Waals surface area (Å²) in [7, 11) is 0. The molecule has 9 nitrogen and oxygen atoms in total. The zero-order valence-corrected chi connectivity index (χ0v) is 10.1. The van der Waals surface area contributed by atoms with Crippen molar-refractivity contribution < 1.29 is 45.2 Å². The number of rotatable bonds is 6. The summed E-state index contributed by atoms with van der Waals surface area (Å²) in [6, 6.07) is 0. The molecule has 0 aromatic heterocycles. The maximum absolute atomic E-state index is 9.59. The van der Waals surface area contributed by atoms with Crippen LogP contribution >= 0.6 is 0 Å². The SMILES string of the molecule is OC[C@H](O)[C@@H](O)CO[C@@H]1O[C@H](CO)[C@@H](O)[C@H](O)[C@H]1O. The summed E-state index contributed by atoms with van der Waals surface area (Å²) in [5, 5.41) is 64.5. The third kappa shape index (κ3) is 4.05. The van der Waals surface area contributed by atoms with Gasteiger partial charge in [0, 0.05) is 0 Å². The van der Waals surface area contributed by atoms with Gasteiger partial charge in [-0.2, -0.15) is 0 Å². The van der Waals surface area contributed by atoms with E-state index in [4.69, 9.17) is 24.8 Å². The van der Waals surface area contributed by atoms with Gasteiger partial charge in [0.05, 0.1) is 19.8 Å². The molecule has 9 heteroatoms. The second-order valence-corrected chi connectivity index (χ2v) is 4.35. The minimum Gasteiger partial charge on any atom is -0.394 e. The minimum atomic E-state index is -1.57. The van der Waals surface area contributed by atoms with Gasteiger partial charge in [0.15, 0.2) is 6.29 Å². The third-order valence-electron chi connectivity index (χ3n) is 2.91. The van der Waals surface area contributed by atoms with Crippen molar-refractivity contribution in [2.75, 3.05) is 19.8 Å². The summed E-state index contributed by atoms with van der Waals surface area (Å²) in [6.45, 7) is -1.73. The van der Waals surface area contributed by atoms with Gasteiger partial charge in [-0.3, -0.25) is 0 Å². The first-order valence-electron chi connectivity index (χ1n) is 5.81. The molecule has 0 amide bonds. The fraction of sp³-hybridized carbons (Fsp3) is 1.00. The average Bonchev–Trinajstić information content (AvgIpc) is 2.42. The van der Waals surface area contributed by atoms with E-state index in [9.17, 15) is 20.4 Å². The van der Waals surface area contributed by atoms with Gasteiger partial charge in [-0.25, -0.2) is 0 Å².